The molecule has 116 valence electrons. The number of hydrogen-bond donors (Lipinski definition) is 1. The third-order valence-electron chi connectivity index (χ3n) is 4.51. The molecule has 3 fully saturated rings. The van der Waals surface area contributed by atoms with E-state index in [2.05, 4.69) is 5.32 Å². The van der Waals surface area contributed by atoms with Gasteiger partial charge in [0.05, 0.1) is 13.2 Å². The van der Waals surface area contributed by atoms with Gasteiger partial charge in [-0.05, 0) is 32.1 Å². The summed E-state index contributed by atoms with van der Waals surface area (Å²) in [6.07, 6.45) is 0.977. The van der Waals surface area contributed by atoms with Gasteiger partial charge >= 0.3 is 6.18 Å². The quantitative estimate of drug-likeness (QED) is 0.778. The average Bonchev–Trinajstić information content (AvgIpc) is 3.25. The molecule has 0 bridgehead atoms. The first-order chi connectivity index (χ1) is 9.46. The number of ether oxygens (including phenoxy) is 1. The lowest BCUT2D eigenvalue weighted by molar-refractivity contribution is -0.150. The fourth-order valence-corrected chi connectivity index (χ4v) is 3.03. The Balaban J connectivity index is 1.60. The van der Waals surface area contributed by atoms with Crippen LogP contribution in [-0.4, -0.2) is 56.0 Å². The highest BCUT2D eigenvalue weighted by atomic mass is 19.4. The second kappa shape index (κ2) is 5.46. The predicted octanol–water partition coefficient (Wildman–Crippen LogP) is 2.17. The monoisotopic (exact) mass is 292 g/mol. The molecule has 1 heterocycles. The van der Waals surface area contributed by atoms with Crippen molar-refractivity contribution < 1.29 is 17.9 Å². The minimum Gasteiger partial charge on any atom is -0.381 e. The van der Waals surface area contributed by atoms with Gasteiger partial charge in [-0.3, -0.25) is 4.90 Å². The summed E-state index contributed by atoms with van der Waals surface area (Å²) in [5.74, 6) is 0. The standard InChI is InChI=1S/C14H23F3N2O/c15-14(16,17)9-19(12-3-4-12)8-13(5-6-20-10-13)7-18-11-1-2-11/h11-12,18H,1-10H2. The van der Waals surface area contributed by atoms with Crippen LogP contribution in [-0.2, 0) is 4.74 Å². The Bertz CT molecular complexity index is 334. The highest BCUT2D eigenvalue weighted by Crippen LogP contribution is 2.36. The van der Waals surface area contributed by atoms with Gasteiger partial charge in [0.25, 0.3) is 0 Å². The van der Waals surface area contributed by atoms with Gasteiger partial charge in [0.2, 0.25) is 0 Å². The van der Waals surface area contributed by atoms with Gasteiger partial charge in [0, 0.05) is 37.2 Å². The molecule has 0 amide bonds. The summed E-state index contributed by atoms with van der Waals surface area (Å²) in [5, 5.41) is 3.48. The number of nitrogens with one attached hydrogen (secondary N) is 1. The van der Waals surface area contributed by atoms with Crippen LogP contribution < -0.4 is 5.32 Å². The van der Waals surface area contributed by atoms with Crippen molar-refractivity contribution in [2.45, 2.75) is 50.4 Å². The van der Waals surface area contributed by atoms with Crippen molar-refractivity contribution in [3.63, 3.8) is 0 Å². The molecule has 1 unspecified atom stereocenters. The molecule has 6 heteroatoms. The molecule has 0 aromatic rings. The zero-order valence-electron chi connectivity index (χ0n) is 11.7. The van der Waals surface area contributed by atoms with Crippen molar-refractivity contribution in [3.05, 3.63) is 0 Å². The van der Waals surface area contributed by atoms with E-state index < -0.39 is 12.7 Å². The van der Waals surface area contributed by atoms with Crippen LogP contribution in [0.15, 0.2) is 0 Å². The van der Waals surface area contributed by atoms with E-state index in [0.717, 1.165) is 25.8 Å². The molecule has 0 spiro atoms. The van der Waals surface area contributed by atoms with E-state index in [1.165, 1.54) is 12.8 Å². The summed E-state index contributed by atoms with van der Waals surface area (Å²) in [6, 6.07) is 0.722. The zero-order valence-corrected chi connectivity index (χ0v) is 11.7. The van der Waals surface area contributed by atoms with E-state index in [0.29, 0.717) is 25.8 Å². The van der Waals surface area contributed by atoms with Crippen molar-refractivity contribution >= 4 is 0 Å². The fourth-order valence-electron chi connectivity index (χ4n) is 3.03. The molecule has 2 aliphatic carbocycles. The van der Waals surface area contributed by atoms with Crippen LogP contribution >= 0.6 is 0 Å². The van der Waals surface area contributed by atoms with Crippen molar-refractivity contribution in [3.8, 4) is 0 Å². The molecule has 3 rings (SSSR count). The SMILES string of the molecule is FC(F)(F)CN(CC1(CNC2CC2)CCOC1)C1CC1. The predicted molar refractivity (Wildman–Crippen MR) is 69.5 cm³/mol. The normalized spacial score (nSPS) is 31.2. The van der Waals surface area contributed by atoms with E-state index in [-0.39, 0.29) is 11.5 Å². The number of rotatable bonds is 7. The van der Waals surface area contributed by atoms with Crippen molar-refractivity contribution in [1.29, 1.82) is 0 Å². The topological polar surface area (TPSA) is 24.5 Å². The lowest BCUT2D eigenvalue weighted by Crippen LogP contribution is -2.48. The second-order valence-electron chi connectivity index (χ2n) is 6.71. The number of nitrogens with zero attached hydrogens (tertiary/aromatic N) is 1. The third kappa shape index (κ3) is 4.09. The van der Waals surface area contributed by atoms with Crippen LogP contribution in [0.2, 0.25) is 0 Å². The molecule has 20 heavy (non-hydrogen) atoms. The van der Waals surface area contributed by atoms with Crippen LogP contribution in [0.25, 0.3) is 0 Å². The van der Waals surface area contributed by atoms with Crippen molar-refractivity contribution in [2.24, 2.45) is 5.41 Å². The summed E-state index contributed by atoms with van der Waals surface area (Å²) >= 11 is 0. The van der Waals surface area contributed by atoms with Gasteiger partial charge in [0.15, 0.2) is 0 Å². The summed E-state index contributed by atoms with van der Waals surface area (Å²) < 4.78 is 43.7. The Morgan fingerprint density at radius 3 is 2.45 bits per heavy atom. The molecule has 1 aliphatic heterocycles. The first kappa shape index (κ1) is 14.6. The van der Waals surface area contributed by atoms with Crippen molar-refractivity contribution in [1.82, 2.24) is 10.2 Å². The fraction of sp³-hybridized carbons (Fsp3) is 1.00. The van der Waals surface area contributed by atoms with Crippen molar-refractivity contribution in [2.75, 3.05) is 32.8 Å². The third-order valence-corrected chi connectivity index (χ3v) is 4.51. The van der Waals surface area contributed by atoms with Crippen LogP contribution in [0, 0.1) is 5.41 Å². The Morgan fingerprint density at radius 2 is 1.95 bits per heavy atom. The maximum Gasteiger partial charge on any atom is 0.401 e. The first-order valence-electron chi connectivity index (χ1n) is 7.58. The first-order valence-corrected chi connectivity index (χ1v) is 7.58. The molecule has 1 saturated heterocycles. The van der Waals surface area contributed by atoms with E-state index in [1.807, 2.05) is 0 Å². The molecule has 2 saturated carbocycles. The Kier molecular flexibility index (Phi) is 3.99. The molecule has 0 aromatic carbocycles. The van der Waals surface area contributed by atoms with E-state index in [9.17, 15) is 13.2 Å². The maximum atomic E-state index is 12.7. The Hall–Kier alpha value is -0.330. The highest BCUT2D eigenvalue weighted by Gasteiger charge is 2.44. The van der Waals surface area contributed by atoms with Gasteiger partial charge in [-0.15, -0.1) is 0 Å². The zero-order chi connectivity index (χ0) is 14.2. The summed E-state index contributed by atoms with van der Waals surface area (Å²) in [7, 11) is 0. The molecule has 1 N–H and O–H groups in total. The van der Waals surface area contributed by atoms with Crippen LogP contribution in [0.3, 0.4) is 0 Å². The summed E-state index contributed by atoms with van der Waals surface area (Å²) in [4.78, 5) is 1.64. The lowest BCUT2D eigenvalue weighted by Gasteiger charge is -2.35. The van der Waals surface area contributed by atoms with Crippen LogP contribution in [0.1, 0.15) is 32.1 Å². The second-order valence-corrected chi connectivity index (χ2v) is 6.71. The number of halogens is 3. The average molecular weight is 292 g/mol. The number of alkyl halides is 3. The molecule has 3 nitrogen and oxygen atoms in total. The molecule has 1 atom stereocenters. The lowest BCUT2D eigenvalue weighted by atomic mass is 9.86. The van der Waals surface area contributed by atoms with Gasteiger partial charge in [0.1, 0.15) is 0 Å². The molecule has 0 radical (unpaired) electrons. The van der Waals surface area contributed by atoms with Gasteiger partial charge in [-0.1, -0.05) is 0 Å². The minimum atomic E-state index is -4.10. The van der Waals surface area contributed by atoms with E-state index >= 15 is 0 Å². The van der Waals surface area contributed by atoms with Crippen LogP contribution in [0.5, 0.6) is 0 Å². The van der Waals surface area contributed by atoms with E-state index in [1.54, 1.807) is 4.90 Å². The highest BCUT2D eigenvalue weighted by molar-refractivity contribution is 4.95. The van der Waals surface area contributed by atoms with Gasteiger partial charge in [-0.2, -0.15) is 13.2 Å². The van der Waals surface area contributed by atoms with Crippen LogP contribution in [0.4, 0.5) is 13.2 Å². The molecule has 3 aliphatic rings. The maximum absolute atomic E-state index is 12.7. The molecule has 0 aromatic heterocycles. The summed E-state index contributed by atoms with van der Waals surface area (Å²) in [5.41, 5.74) is -0.129. The Morgan fingerprint density at radius 1 is 1.20 bits per heavy atom. The van der Waals surface area contributed by atoms with Gasteiger partial charge in [-0.25, -0.2) is 0 Å². The minimum absolute atomic E-state index is 0.129. The smallest absolute Gasteiger partial charge is 0.381 e. The largest absolute Gasteiger partial charge is 0.401 e. The van der Waals surface area contributed by atoms with Gasteiger partial charge < -0.3 is 10.1 Å². The number of hydrogen-bond acceptors (Lipinski definition) is 3. The van der Waals surface area contributed by atoms with E-state index in [4.69, 9.17) is 4.74 Å². The molecular formula is C14H23F3N2O. The molecular weight excluding hydrogens is 269 g/mol. The Labute approximate surface area is 117 Å². The summed E-state index contributed by atoms with van der Waals surface area (Å²) in [6.45, 7) is 1.79.